The maximum Gasteiger partial charge on any atom is 2.00 e. The summed E-state index contributed by atoms with van der Waals surface area (Å²) in [6.07, 6.45) is -0.278. The van der Waals surface area contributed by atoms with Crippen LogP contribution in [0, 0.1) is 12.7 Å². The molecular weight excluding hydrogens is 645 g/mol. The van der Waals surface area contributed by atoms with Gasteiger partial charge in [0.1, 0.15) is 0 Å². The molecule has 0 amide bonds. The van der Waals surface area contributed by atoms with E-state index in [1.165, 1.54) is 11.4 Å². The van der Waals surface area contributed by atoms with Gasteiger partial charge in [0.2, 0.25) is 0 Å². The van der Waals surface area contributed by atoms with Crippen molar-refractivity contribution in [2.75, 3.05) is 75.8 Å². The minimum atomic E-state index is -0.375. The summed E-state index contributed by atoms with van der Waals surface area (Å²) in [4.78, 5) is 13.4. The van der Waals surface area contributed by atoms with Crippen molar-refractivity contribution in [3.05, 3.63) is 55.2 Å². The first kappa shape index (κ1) is 33.3. The molecule has 1 aliphatic heterocycles. The van der Waals surface area contributed by atoms with Gasteiger partial charge in [-0.3, -0.25) is 0 Å². The number of anilines is 4. The summed E-state index contributed by atoms with van der Waals surface area (Å²) in [6, 6.07) is 18.5. The third kappa shape index (κ3) is 9.22. The van der Waals surface area contributed by atoms with E-state index in [0.29, 0.717) is 6.42 Å². The van der Waals surface area contributed by atoms with E-state index >= 15 is 0 Å². The Labute approximate surface area is 240 Å². The molecule has 2 unspecified atom stereocenters. The van der Waals surface area contributed by atoms with Crippen molar-refractivity contribution >= 4 is 36.5 Å². The summed E-state index contributed by atoms with van der Waals surface area (Å²) in [6.45, 7) is 5.85. The van der Waals surface area contributed by atoms with Gasteiger partial charge < -0.3 is 39.3 Å². The van der Waals surface area contributed by atoms with Crippen LogP contribution < -0.4 is 19.4 Å². The molecule has 0 saturated carbocycles. The Balaban J connectivity index is 0.000000754. The van der Waals surface area contributed by atoms with Gasteiger partial charge >= 0.3 is 34.8 Å². The first-order valence-electron chi connectivity index (χ1n) is 12.4. The van der Waals surface area contributed by atoms with Crippen molar-refractivity contribution in [1.82, 2.24) is 9.62 Å². The molecule has 2 atom stereocenters. The summed E-state index contributed by atoms with van der Waals surface area (Å²) < 4.78 is 0. The molecule has 1 heterocycles. The Hall–Kier alpha value is -1.70. The van der Waals surface area contributed by atoms with Crippen LogP contribution >= 0.6 is 0 Å². The van der Waals surface area contributed by atoms with Gasteiger partial charge in [0.15, 0.2) is 0 Å². The van der Waals surface area contributed by atoms with Gasteiger partial charge in [0.25, 0.3) is 0 Å². The fourth-order valence-corrected chi connectivity index (χ4v) is 4.28. The summed E-state index contributed by atoms with van der Waals surface area (Å²) in [5, 5.41) is 17.1. The molecule has 0 aromatic heterocycles. The molecule has 1 saturated heterocycles. The van der Waals surface area contributed by atoms with Crippen LogP contribution in [-0.4, -0.2) is 102 Å². The molecule has 0 bridgehead atoms. The van der Waals surface area contributed by atoms with Gasteiger partial charge in [-0.25, -0.2) is 0 Å². The Morgan fingerprint density at radius 3 is 1.57 bits per heavy atom. The number of benzene rings is 2. The Morgan fingerprint density at radius 2 is 1.22 bits per heavy atom. The van der Waals surface area contributed by atoms with Gasteiger partial charge in [-0.1, -0.05) is 5.69 Å². The topological polar surface area (TPSA) is 59.9 Å². The van der Waals surface area contributed by atoms with E-state index < -0.39 is 0 Å². The molecule has 0 spiro atoms. The second-order valence-corrected chi connectivity index (χ2v) is 10.4. The van der Waals surface area contributed by atoms with Gasteiger partial charge in [-0.05, 0) is 92.5 Å². The summed E-state index contributed by atoms with van der Waals surface area (Å²) in [5.41, 5.74) is 4.58. The number of rotatable bonds is 8. The van der Waals surface area contributed by atoms with Crippen LogP contribution in [0.5, 0.6) is 0 Å². The third-order valence-corrected chi connectivity index (χ3v) is 6.06. The maximum atomic E-state index is 8.56. The Kier molecular flexibility index (Phi) is 13.5. The van der Waals surface area contributed by atoms with Crippen LogP contribution in [0.4, 0.5) is 22.7 Å². The molecule has 0 aliphatic carbocycles. The SMILES string of the molecule is CC(O)CC(C)O.CN(C)B1B(N(C)C)N(c2ccc(N(C)C)cc2)[CH-]N1c1[c-]cc(N(C)C)cc1.[Pt+2]. The van der Waals surface area contributed by atoms with Gasteiger partial charge in [0, 0.05) is 19.8 Å². The number of hydrogen-bond acceptors (Lipinski definition) is 8. The van der Waals surface area contributed by atoms with Crippen molar-refractivity contribution in [2.24, 2.45) is 0 Å². The van der Waals surface area contributed by atoms with Gasteiger partial charge in [-0.2, -0.15) is 18.8 Å². The predicted octanol–water partition coefficient (Wildman–Crippen LogP) is 2.38. The molecule has 206 valence electrons. The number of aliphatic hydroxyl groups excluding tert-OH is 2. The van der Waals surface area contributed by atoms with Crippen molar-refractivity contribution in [2.45, 2.75) is 32.5 Å². The number of aliphatic hydroxyl groups is 2. The van der Waals surface area contributed by atoms with Crippen molar-refractivity contribution in [3.8, 4) is 0 Å². The predicted molar refractivity (Wildman–Crippen MR) is 156 cm³/mol. The van der Waals surface area contributed by atoms with E-state index in [4.69, 9.17) is 10.2 Å². The molecule has 3 rings (SSSR count). The van der Waals surface area contributed by atoms with Crippen LogP contribution in [-0.2, 0) is 21.1 Å². The molecular formula is C26H44B2N6O2Pt. The normalized spacial score (nSPS) is 14.9. The number of nitrogens with zero attached hydrogens (tertiary/aromatic N) is 6. The summed E-state index contributed by atoms with van der Waals surface area (Å²) >= 11 is 0. The fourth-order valence-electron chi connectivity index (χ4n) is 4.28. The summed E-state index contributed by atoms with van der Waals surface area (Å²) in [5.74, 6) is 0. The first-order chi connectivity index (χ1) is 16.8. The van der Waals surface area contributed by atoms with Gasteiger partial charge in [0.05, 0.1) is 12.2 Å². The Morgan fingerprint density at radius 1 is 0.757 bits per heavy atom. The van der Waals surface area contributed by atoms with E-state index in [2.05, 4.69) is 141 Å². The molecule has 2 aromatic carbocycles. The molecule has 37 heavy (non-hydrogen) atoms. The van der Waals surface area contributed by atoms with Crippen molar-refractivity contribution < 1.29 is 31.3 Å². The number of hydrogen-bond donors (Lipinski definition) is 2. The molecule has 1 aliphatic rings. The zero-order chi connectivity index (χ0) is 27.2. The van der Waals surface area contributed by atoms with E-state index in [0.717, 1.165) is 11.4 Å². The maximum absolute atomic E-state index is 8.56. The summed E-state index contributed by atoms with van der Waals surface area (Å²) in [7, 11) is 16.8. The van der Waals surface area contributed by atoms with Crippen LogP contribution in [0.25, 0.3) is 0 Å². The van der Waals surface area contributed by atoms with Gasteiger partial charge in [-0.15, -0.1) is 17.8 Å². The molecule has 0 radical (unpaired) electrons. The second-order valence-electron chi connectivity index (χ2n) is 10.4. The van der Waals surface area contributed by atoms with E-state index in [1.807, 2.05) is 0 Å². The smallest absolute Gasteiger partial charge is 0.559 e. The third-order valence-electron chi connectivity index (χ3n) is 6.06. The van der Waals surface area contributed by atoms with Crippen LogP contribution in [0.1, 0.15) is 20.3 Å². The average Bonchev–Trinajstić information content (AvgIpc) is 3.20. The Bertz CT molecular complexity index is 841. The van der Waals surface area contributed by atoms with E-state index in [9.17, 15) is 0 Å². The first-order valence-corrected chi connectivity index (χ1v) is 12.4. The molecule has 8 nitrogen and oxygen atoms in total. The quantitative estimate of drug-likeness (QED) is 0.324. The van der Waals surface area contributed by atoms with Crippen molar-refractivity contribution in [1.29, 1.82) is 0 Å². The standard InChI is InChI=1S/C21H32B2N6.C5H12O2.Pt/c1-24(2)18-9-13-20(14-10-18)28-17-29(23(27(7)8)22(28)26(5)6)21-15-11-19(12-16-21)25(3)4;1-4(6)3-5(2)7;/h9-15,17H,1-8H3;4-7H,3H2,1-2H3;/q-2;;+2. The fraction of sp³-hybridized carbons (Fsp3) is 0.500. The van der Waals surface area contributed by atoms with Crippen LogP contribution in [0.15, 0.2) is 42.5 Å². The molecule has 11 heteroatoms. The minimum absolute atomic E-state index is 0. The molecule has 1 fully saturated rings. The van der Waals surface area contributed by atoms with Crippen LogP contribution in [0.3, 0.4) is 0 Å². The second kappa shape index (κ2) is 15.0. The largest absolute Gasteiger partial charge is 2.00 e. The minimum Gasteiger partial charge on any atom is -0.559 e. The van der Waals surface area contributed by atoms with Crippen LogP contribution in [0.2, 0.25) is 0 Å². The van der Waals surface area contributed by atoms with Crippen molar-refractivity contribution in [3.63, 3.8) is 0 Å². The zero-order valence-electron chi connectivity index (χ0n) is 24.0. The van der Waals surface area contributed by atoms with E-state index in [-0.39, 0.29) is 47.0 Å². The van der Waals surface area contributed by atoms with E-state index in [1.54, 1.807) is 13.8 Å². The zero-order valence-corrected chi connectivity index (χ0v) is 26.3. The molecule has 2 N–H and O–H groups in total. The monoisotopic (exact) mass is 689 g/mol. The average molecular weight is 689 g/mol. The molecule has 2 aromatic rings.